The van der Waals surface area contributed by atoms with E-state index in [0.29, 0.717) is 23.0 Å². The normalized spacial score (nSPS) is 17.4. The second-order valence-electron chi connectivity index (χ2n) is 4.65. The molecule has 0 unspecified atom stereocenters. The number of aromatic nitrogens is 1. The van der Waals surface area contributed by atoms with E-state index in [-0.39, 0.29) is 18.8 Å². The first kappa shape index (κ1) is 15.4. The van der Waals surface area contributed by atoms with Gasteiger partial charge < -0.3 is 0 Å². The third kappa shape index (κ3) is 4.28. The maximum absolute atomic E-state index is 14.2. The molecule has 1 aliphatic heterocycles. The molecule has 1 aliphatic rings. The standard InChI is InChI=1S/C13H13BrF4N2/c14-11-3-1-2-10(19-11)12(15)9-4-6-20(7-5-9)8-13(16,17)18/h1-3H,4-8H2. The fourth-order valence-electron chi connectivity index (χ4n) is 2.17. The zero-order chi connectivity index (χ0) is 14.8. The van der Waals surface area contributed by atoms with Crippen LogP contribution in [0.1, 0.15) is 18.5 Å². The zero-order valence-electron chi connectivity index (χ0n) is 10.6. The Kier molecular flexibility index (Phi) is 4.80. The third-order valence-electron chi connectivity index (χ3n) is 3.11. The van der Waals surface area contributed by atoms with Crippen molar-refractivity contribution in [1.29, 1.82) is 0 Å². The lowest BCUT2D eigenvalue weighted by Crippen LogP contribution is -2.38. The van der Waals surface area contributed by atoms with Gasteiger partial charge in [-0.05, 0) is 46.5 Å². The van der Waals surface area contributed by atoms with Gasteiger partial charge in [0.2, 0.25) is 0 Å². The van der Waals surface area contributed by atoms with Gasteiger partial charge in [0.25, 0.3) is 0 Å². The number of alkyl halides is 3. The Morgan fingerprint density at radius 1 is 1.25 bits per heavy atom. The highest BCUT2D eigenvalue weighted by molar-refractivity contribution is 9.10. The van der Waals surface area contributed by atoms with Gasteiger partial charge in [0.05, 0.1) is 12.2 Å². The first-order valence-corrected chi connectivity index (χ1v) is 6.94. The summed E-state index contributed by atoms with van der Waals surface area (Å²) in [5.74, 6) is -0.419. The van der Waals surface area contributed by atoms with E-state index >= 15 is 0 Å². The van der Waals surface area contributed by atoms with E-state index in [4.69, 9.17) is 0 Å². The molecule has 0 spiro atoms. The van der Waals surface area contributed by atoms with Crippen molar-refractivity contribution in [1.82, 2.24) is 9.88 Å². The van der Waals surface area contributed by atoms with Gasteiger partial charge in [0, 0.05) is 13.1 Å². The summed E-state index contributed by atoms with van der Waals surface area (Å²) in [5.41, 5.74) is 0.757. The molecule has 0 radical (unpaired) electrons. The van der Waals surface area contributed by atoms with E-state index in [1.54, 1.807) is 18.2 Å². The molecule has 2 rings (SSSR count). The Balaban J connectivity index is 2.04. The van der Waals surface area contributed by atoms with Crippen molar-refractivity contribution < 1.29 is 17.6 Å². The largest absolute Gasteiger partial charge is 0.401 e. The molecule has 0 bridgehead atoms. The summed E-state index contributed by atoms with van der Waals surface area (Å²) in [4.78, 5) is 5.31. The summed E-state index contributed by atoms with van der Waals surface area (Å²) in [6.45, 7) is -0.496. The van der Waals surface area contributed by atoms with Crippen LogP contribution in [0.4, 0.5) is 17.6 Å². The number of hydrogen-bond donors (Lipinski definition) is 0. The van der Waals surface area contributed by atoms with Gasteiger partial charge in [-0.2, -0.15) is 13.2 Å². The van der Waals surface area contributed by atoms with Gasteiger partial charge in [-0.1, -0.05) is 6.07 Å². The van der Waals surface area contributed by atoms with E-state index in [1.165, 1.54) is 4.90 Å². The van der Waals surface area contributed by atoms with Crippen molar-refractivity contribution in [2.75, 3.05) is 19.6 Å². The number of rotatable bonds is 2. The monoisotopic (exact) mass is 352 g/mol. The van der Waals surface area contributed by atoms with Crippen LogP contribution in [-0.4, -0.2) is 35.7 Å². The highest BCUT2D eigenvalue weighted by Crippen LogP contribution is 2.28. The molecule has 20 heavy (non-hydrogen) atoms. The summed E-state index contributed by atoms with van der Waals surface area (Å²) in [6.07, 6.45) is -3.60. The maximum Gasteiger partial charge on any atom is 0.401 e. The number of pyridine rings is 1. The molecule has 0 amide bonds. The van der Waals surface area contributed by atoms with Crippen LogP contribution >= 0.6 is 15.9 Å². The number of hydrogen-bond acceptors (Lipinski definition) is 2. The van der Waals surface area contributed by atoms with Gasteiger partial charge in [-0.3, -0.25) is 4.90 Å². The van der Waals surface area contributed by atoms with Crippen LogP contribution < -0.4 is 0 Å². The van der Waals surface area contributed by atoms with Crippen molar-refractivity contribution in [2.45, 2.75) is 19.0 Å². The van der Waals surface area contributed by atoms with Gasteiger partial charge in [0.15, 0.2) is 0 Å². The summed E-state index contributed by atoms with van der Waals surface area (Å²) < 4.78 is 51.5. The second kappa shape index (κ2) is 6.22. The van der Waals surface area contributed by atoms with E-state index < -0.39 is 18.5 Å². The molecule has 1 aromatic heterocycles. The molecule has 0 atom stereocenters. The topological polar surface area (TPSA) is 16.1 Å². The second-order valence-corrected chi connectivity index (χ2v) is 5.47. The highest BCUT2D eigenvalue weighted by Gasteiger charge is 2.32. The van der Waals surface area contributed by atoms with Crippen molar-refractivity contribution in [3.05, 3.63) is 34.1 Å². The first-order valence-electron chi connectivity index (χ1n) is 6.15. The third-order valence-corrected chi connectivity index (χ3v) is 3.55. The van der Waals surface area contributed by atoms with E-state index in [2.05, 4.69) is 20.9 Å². The average Bonchev–Trinajstić information content (AvgIpc) is 2.37. The Labute approximate surface area is 122 Å². The minimum Gasteiger partial charge on any atom is -0.294 e. The first-order chi connectivity index (χ1) is 9.35. The SMILES string of the molecule is FC(=C1CCN(CC(F)(F)F)CC1)c1cccc(Br)n1. The summed E-state index contributed by atoms with van der Waals surface area (Å²) in [7, 11) is 0. The van der Waals surface area contributed by atoms with Crippen LogP contribution in [0.2, 0.25) is 0 Å². The van der Waals surface area contributed by atoms with Crippen LogP contribution in [0.5, 0.6) is 0 Å². The minimum atomic E-state index is -4.20. The maximum atomic E-state index is 14.2. The number of halogens is 5. The number of likely N-dealkylation sites (tertiary alicyclic amines) is 1. The van der Waals surface area contributed by atoms with Crippen molar-refractivity contribution in [3.63, 3.8) is 0 Å². The van der Waals surface area contributed by atoms with Crippen LogP contribution in [-0.2, 0) is 0 Å². The summed E-state index contributed by atoms with van der Waals surface area (Å²) in [6, 6.07) is 4.91. The molecular weight excluding hydrogens is 340 g/mol. The lowest BCUT2D eigenvalue weighted by Gasteiger charge is -2.29. The predicted octanol–water partition coefficient (Wildman–Crippen LogP) is 4.18. The van der Waals surface area contributed by atoms with Crippen LogP contribution in [0.25, 0.3) is 5.83 Å². The summed E-state index contributed by atoms with van der Waals surface area (Å²) in [5, 5.41) is 0. The molecule has 0 aromatic carbocycles. The van der Waals surface area contributed by atoms with E-state index in [9.17, 15) is 17.6 Å². The van der Waals surface area contributed by atoms with Crippen molar-refractivity contribution in [3.8, 4) is 0 Å². The van der Waals surface area contributed by atoms with Gasteiger partial charge >= 0.3 is 6.18 Å². The Hall–Kier alpha value is -0.950. The van der Waals surface area contributed by atoms with E-state index in [1.807, 2.05) is 0 Å². The fraction of sp³-hybridized carbons (Fsp3) is 0.462. The molecule has 7 heteroatoms. The molecular formula is C13H13BrF4N2. The zero-order valence-corrected chi connectivity index (χ0v) is 12.1. The van der Waals surface area contributed by atoms with Crippen molar-refractivity contribution in [2.24, 2.45) is 0 Å². The van der Waals surface area contributed by atoms with Crippen molar-refractivity contribution >= 4 is 21.8 Å². The van der Waals surface area contributed by atoms with Crippen LogP contribution in [0, 0.1) is 0 Å². The Morgan fingerprint density at radius 2 is 1.90 bits per heavy atom. The van der Waals surface area contributed by atoms with Gasteiger partial charge in [-0.25, -0.2) is 9.37 Å². The lowest BCUT2D eigenvalue weighted by atomic mass is 10.0. The van der Waals surface area contributed by atoms with E-state index in [0.717, 1.165) is 0 Å². The molecule has 1 aromatic rings. The fourth-order valence-corrected chi connectivity index (χ4v) is 2.51. The highest BCUT2D eigenvalue weighted by atomic mass is 79.9. The molecule has 2 nitrogen and oxygen atoms in total. The minimum absolute atomic E-state index is 0.219. The molecule has 1 fully saturated rings. The van der Waals surface area contributed by atoms with Gasteiger partial charge in [-0.15, -0.1) is 0 Å². The molecule has 0 N–H and O–H groups in total. The average molecular weight is 353 g/mol. The number of nitrogens with zero attached hydrogens (tertiary/aromatic N) is 2. The van der Waals surface area contributed by atoms with Gasteiger partial charge in [0.1, 0.15) is 10.4 Å². The van der Waals surface area contributed by atoms with Crippen LogP contribution in [0.3, 0.4) is 0 Å². The molecule has 0 saturated carbocycles. The smallest absolute Gasteiger partial charge is 0.294 e. The molecule has 2 heterocycles. The molecule has 110 valence electrons. The Bertz CT molecular complexity index is 503. The Morgan fingerprint density at radius 3 is 2.45 bits per heavy atom. The molecule has 1 saturated heterocycles. The lowest BCUT2D eigenvalue weighted by molar-refractivity contribution is -0.146. The molecule has 0 aliphatic carbocycles. The summed E-state index contributed by atoms with van der Waals surface area (Å²) >= 11 is 3.16. The van der Waals surface area contributed by atoms with Crippen LogP contribution in [0.15, 0.2) is 28.4 Å². The quantitative estimate of drug-likeness (QED) is 0.586. The predicted molar refractivity (Wildman–Crippen MR) is 71.7 cm³/mol. The number of piperidine rings is 1.